The van der Waals surface area contributed by atoms with Crippen LogP contribution in [-0.4, -0.2) is 19.1 Å². The van der Waals surface area contributed by atoms with E-state index >= 15 is 0 Å². The summed E-state index contributed by atoms with van der Waals surface area (Å²) < 4.78 is 16.6. The second-order valence-electron chi connectivity index (χ2n) is 3.91. The first kappa shape index (κ1) is 12.1. The predicted molar refractivity (Wildman–Crippen MR) is 71.8 cm³/mol. The molecular formula is C13H10BrNO4. The molecule has 1 aliphatic heterocycles. The van der Waals surface area contributed by atoms with Crippen molar-refractivity contribution < 1.29 is 18.7 Å². The van der Waals surface area contributed by atoms with Gasteiger partial charge in [0, 0.05) is 11.8 Å². The van der Waals surface area contributed by atoms with Crippen molar-refractivity contribution in [2.75, 3.05) is 18.5 Å². The van der Waals surface area contributed by atoms with Crippen LogP contribution in [0.1, 0.15) is 10.6 Å². The summed E-state index contributed by atoms with van der Waals surface area (Å²) in [6.45, 7) is 1.05. The highest BCUT2D eigenvalue weighted by atomic mass is 79.9. The van der Waals surface area contributed by atoms with Gasteiger partial charge in [-0.05, 0) is 34.1 Å². The van der Waals surface area contributed by atoms with Crippen molar-refractivity contribution in [2.24, 2.45) is 0 Å². The quantitative estimate of drug-likeness (QED) is 0.922. The van der Waals surface area contributed by atoms with Gasteiger partial charge < -0.3 is 19.2 Å². The fourth-order valence-corrected chi connectivity index (χ4v) is 2.15. The third-order valence-corrected chi connectivity index (χ3v) is 3.25. The first-order chi connectivity index (χ1) is 9.24. The molecule has 0 bridgehead atoms. The summed E-state index contributed by atoms with van der Waals surface area (Å²) >= 11 is 3.24. The number of halogens is 1. The van der Waals surface area contributed by atoms with Gasteiger partial charge in [0.2, 0.25) is 5.76 Å². The zero-order valence-corrected chi connectivity index (χ0v) is 11.4. The van der Waals surface area contributed by atoms with Gasteiger partial charge in [-0.3, -0.25) is 4.79 Å². The highest BCUT2D eigenvalue weighted by Gasteiger charge is 2.16. The van der Waals surface area contributed by atoms with E-state index in [1.54, 1.807) is 24.3 Å². The maximum atomic E-state index is 12.0. The lowest BCUT2D eigenvalue weighted by Gasteiger charge is -2.18. The Balaban J connectivity index is 1.80. The Morgan fingerprint density at radius 2 is 1.95 bits per heavy atom. The van der Waals surface area contributed by atoms with Crippen LogP contribution in [0.3, 0.4) is 0 Å². The molecule has 0 unspecified atom stereocenters. The first-order valence-corrected chi connectivity index (χ1v) is 6.47. The molecule has 6 heteroatoms. The summed E-state index contributed by atoms with van der Waals surface area (Å²) in [5.41, 5.74) is 0.623. The van der Waals surface area contributed by atoms with Crippen molar-refractivity contribution in [1.29, 1.82) is 0 Å². The largest absolute Gasteiger partial charge is 0.486 e. The Labute approximate surface area is 117 Å². The van der Waals surface area contributed by atoms with Gasteiger partial charge in [0.15, 0.2) is 11.5 Å². The SMILES string of the molecule is O=C(Nc1ccc2c(c1)OCCO2)c1occc1Br. The Hall–Kier alpha value is -1.95. The molecule has 19 heavy (non-hydrogen) atoms. The van der Waals surface area contributed by atoms with E-state index in [4.69, 9.17) is 13.9 Å². The minimum atomic E-state index is -0.325. The lowest BCUT2D eigenvalue weighted by molar-refractivity contribution is 0.0995. The molecule has 1 amide bonds. The van der Waals surface area contributed by atoms with E-state index in [1.807, 2.05) is 0 Å². The number of nitrogens with one attached hydrogen (secondary N) is 1. The lowest BCUT2D eigenvalue weighted by Crippen LogP contribution is -2.16. The molecule has 3 rings (SSSR count). The number of ether oxygens (including phenoxy) is 2. The molecule has 5 nitrogen and oxygen atoms in total. The fourth-order valence-electron chi connectivity index (χ4n) is 1.76. The van der Waals surface area contributed by atoms with Gasteiger partial charge in [-0.25, -0.2) is 0 Å². The van der Waals surface area contributed by atoms with E-state index in [1.165, 1.54) is 6.26 Å². The minimum absolute atomic E-state index is 0.231. The summed E-state index contributed by atoms with van der Waals surface area (Å²) in [7, 11) is 0. The molecule has 0 aliphatic carbocycles. The van der Waals surface area contributed by atoms with E-state index in [2.05, 4.69) is 21.2 Å². The van der Waals surface area contributed by atoms with Crippen LogP contribution in [0.2, 0.25) is 0 Å². The molecule has 0 spiro atoms. The molecule has 0 fully saturated rings. The third kappa shape index (κ3) is 2.44. The average molecular weight is 324 g/mol. The van der Waals surface area contributed by atoms with Gasteiger partial charge >= 0.3 is 0 Å². The maximum absolute atomic E-state index is 12.0. The fraction of sp³-hybridized carbons (Fsp3) is 0.154. The van der Waals surface area contributed by atoms with Crippen molar-refractivity contribution in [3.05, 3.63) is 40.8 Å². The lowest BCUT2D eigenvalue weighted by atomic mass is 10.2. The molecule has 0 radical (unpaired) electrons. The predicted octanol–water partition coefficient (Wildman–Crippen LogP) is 3.07. The number of carbonyl (C=O) groups excluding carboxylic acids is 1. The van der Waals surface area contributed by atoms with Crippen LogP contribution in [0.15, 0.2) is 39.4 Å². The van der Waals surface area contributed by atoms with E-state index in [0.29, 0.717) is 34.9 Å². The van der Waals surface area contributed by atoms with E-state index in [0.717, 1.165) is 0 Å². The standard InChI is InChI=1S/C13H10BrNO4/c14-9-3-4-19-12(9)13(16)15-8-1-2-10-11(7-8)18-6-5-17-10/h1-4,7H,5-6H2,(H,15,16). The number of rotatable bonds is 2. The number of carbonyl (C=O) groups is 1. The molecule has 1 aromatic heterocycles. The van der Waals surface area contributed by atoms with Gasteiger partial charge in [-0.15, -0.1) is 0 Å². The van der Waals surface area contributed by atoms with Gasteiger partial charge in [0.05, 0.1) is 10.7 Å². The molecule has 2 heterocycles. The highest BCUT2D eigenvalue weighted by molar-refractivity contribution is 9.10. The summed E-state index contributed by atoms with van der Waals surface area (Å²) in [5, 5.41) is 2.74. The second kappa shape index (κ2) is 4.97. The third-order valence-electron chi connectivity index (χ3n) is 2.62. The van der Waals surface area contributed by atoms with Crippen molar-refractivity contribution >= 4 is 27.5 Å². The highest BCUT2D eigenvalue weighted by Crippen LogP contribution is 2.32. The zero-order chi connectivity index (χ0) is 13.2. The average Bonchev–Trinajstić information content (AvgIpc) is 2.85. The summed E-state index contributed by atoms with van der Waals surface area (Å²) in [4.78, 5) is 12.0. The zero-order valence-electron chi connectivity index (χ0n) is 9.81. The summed E-state index contributed by atoms with van der Waals surface area (Å²) in [6, 6.07) is 6.91. The number of amides is 1. The molecular weight excluding hydrogens is 314 g/mol. The Bertz CT molecular complexity index is 623. The van der Waals surface area contributed by atoms with Crippen molar-refractivity contribution in [3.8, 4) is 11.5 Å². The van der Waals surface area contributed by atoms with Crippen molar-refractivity contribution in [1.82, 2.24) is 0 Å². The second-order valence-corrected chi connectivity index (χ2v) is 4.76. The maximum Gasteiger partial charge on any atom is 0.292 e. The number of anilines is 1. The van der Waals surface area contributed by atoms with Crippen molar-refractivity contribution in [2.45, 2.75) is 0 Å². The van der Waals surface area contributed by atoms with Crippen LogP contribution in [0.25, 0.3) is 0 Å². The molecule has 1 aromatic carbocycles. The number of hydrogen-bond donors (Lipinski definition) is 1. The van der Waals surface area contributed by atoms with Crippen LogP contribution in [-0.2, 0) is 0 Å². The Kier molecular flexibility index (Phi) is 3.16. The van der Waals surface area contributed by atoms with E-state index < -0.39 is 0 Å². The monoisotopic (exact) mass is 323 g/mol. The van der Waals surface area contributed by atoms with E-state index in [-0.39, 0.29) is 11.7 Å². The van der Waals surface area contributed by atoms with Gasteiger partial charge in [0.1, 0.15) is 13.2 Å². The van der Waals surface area contributed by atoms with Gasteiger partial charge in [-0.1, -0.05) is 0 Å². The number of hydrogen-bond acceptors (Lipinski definition) is 4. The van der Waals surface area contributed by atoms with Crippen LogP contribution < -0.4 is 14.8 Å². The number of benzene rings is 1. The molecule has 1 N–H and O–H groups in total. The minimum Gasteiger partial charge on any atom is -0.486 e. The smallest absolute Gasteiger partial charge is 0.292 e. The summed E-state index contributed by atoms with van der Waals surface area (Å²) in [5.74, 6) is 1.22. The number of furan rings is 1. The van der Waals surface area contributed by atoms with Crippen LogP contribution >= 0.6 is 15.9 Å². The molecule has 1 aliphatic rings. The number of fused-ring (bicyclic) bond motifs is 1. The molecule has 0 atom stereocenters. The molecule has 98 valence electrons. The Morgan fingerprint density at radius 1 is 1.16 bits per heavy atom. The van der Waals surface area contributed by atoms with Gasteiger partial charge in [0.25, 0.3) is 5.91 Å². The summed E-state index contributed by atoms with van der Waals surface area (Å²) in [6.07, 6.45) is 1.45. The van der Waals surface area contributed by atoms with E-state index in [9.17, 15) is 4.79 Å². The van der Waals surface area contributed by atoms with Crippen molar-refractivity contribution in [3.63, 3.8) is 0 Å². The van der Waals surface area contributed by atoms with Crippen LogP contribution in [0, 0.1) is 0 Å². The molecule has 0 saturated carbocycles. The first-order valence-electron chi connectivity index (χ1n) is 5.68. The molecule has 2 aromatic rings. The molecule has 0 saturated heterocycles. The topological polar surface area (TPSA) is 60.7 Å². The Morgan fingerprint density at radius 3 is 2.68 bits per heavy atom. The normalized spacial score (nSPS) is 13.1. The van der Waals surface area contributed by atoms with Crippen LogP contribution in [0.4, 0.5) is 5.69 Å². The van der Waals surface area contributed by atoms with Gasteiger partial charge in [-0.2, -0.15) is 0 Å². The van der Waals surface area contributed by atoms with Crippen LogP contribution in [0.5, 0.6) is 11.5 Å².